The number of aromatic nitrogens is 4. The van der Waals surface area contributed by atoms with Crippen LogP contribution in [0.15, 0.2) is 0 Å². The minimum Gasteiger partial charge on any atom is -0.305 e. The van der Waals surface area contributed by atoms with Gasteiger partial charge < -0.3 is 5.32 Å². The fourth-order valence-electron chi connectivity index (χ4n) is 1.25. The van der Waals surface area contributed by atoms with Crippen molar-refractivity contribution in [2.24, 2.45) is 5.92 Å². The molecule has 16 heavy (non-hydrogen) atoms. The number of aryl methyl sites for hydroxylation is 1. The molecule has 0 amide bonds. The maximum absolute atomic E-state index is 4.04. The van der Waals surface area contributed by atoms with Gasteiger partial charge in [-0.15, -0.1) is 5.10 Å². The van der Waals surface area contributed by atoms with Gasteiger partial charge in [0.1, 0.15) is 0 Å². The highest BCUT2D eigenvalue weighted by atomic mass is 15.5. The van der Waals surface area contributed by atoms with E-state index in [2.05, 4.69) is 55.5 Å². The summed E-state index contributed by atoms with van der Waals surface area (Å²) in [7, 11) is 0. The molecule has 0 atom stereocenters. The van der Waals surface area contributed by atoms with Crippen molar-refractivity contribution in [1.82, 2.24) is 25.5 Å². The maximum atomic E-state index is 4.04. The minimum atomic E-state index is 0.0921. The molecule has 0 aliphatic carbocycles. The molecule has 0 spiro atoms. The third-order valence-electron chi connectivity index (χ3n) is 2.30. The number of tetrazole rings is 1. The Hall–Kier alpha value is -0.970. The fourth-order valence-corrected chi connectivity index (χ4v) is 1.25. The summed E-state index contributed by atoms with van der Waals surface area (Å²) in [4.78, 5) is 0. The van der Waals surface area contributed by atoms with E-state index in [1.807, 2.05) is 4.68 Å². The summed E-state index contributed by atoms with van der Waals surface area (Å²) < 4.78 is 1.89. The summed E-state index contributed by atoms with van der Waals surface area (Å²) in [6.45, 7) is 12.4. The Morgan fingerprint density at radius 1 is 1.31 bits per heavy atom. The Morgan fingerprint density at radius 3 is 2.56 bits per heavy atom. The normalized spacial score (nSPS) is 12.4. The molecule has 0 saturated carbocycles. The van der Waals surface area contributed by atoms with E-state index in [0.717, 1.165) is 18.8 Å². The van der Waals surface area contributed by atoms with Gasteiger partial charge in [-0.05, 0) is 43.5 Å². The summed E-state index contributed by atoms with van der Waals surface area (Å²) in [5, 5.41) is 15.2. The molecule has 1 rings (SSSR count). The zero-order valence-corrected chi connectivity index (χ0v) is 11.0. The number of hydrogen-bond donors (Lipinski definition) is 1. The number of hydrogen-bond acceptors (Lipinski definition) is 4. The van der Waals surface area contributed by atoms with Gasteiger partial charge in [0.2, 0.25) is 0 Å². The van der Waals surface area contributed by atoms with E-state index in [4.69, 9.17) is 0 Å². The topological polar surface area (TPSA) is 55.6 Å². The summed E-state index contributed by atoms with van der Waals surface area (Å²) in [5.41, 5.74) is 0.0921. The smallest absolute Gasteiger partial charge is 0.165 e. The first-order valence-electron chi connectivity index (χ1n) is 5.88. The SMILES string of the molecule is CC(C)CCn1nnnc1CNC(C)(C)C. The van der Waals surface area contributed by atoms with Gasteiger partial charge in [-0.1, -0.05) is 13.8 Å². The summed E-state index contributed by atoms with van der Waals surface area (Å²) in [6.07, 6.45) is 1.10. The van der Waals surface area contributed by atoms with Crippen molar-refractivity contribution in [1.29, 1.82) is 0 Å². The average molecular weight is 225 g/mol. The number of nitrogens with one attached hydrogen (secondary N) is 1. The van der Waals surface area contributed by atoms with Gasteiger partial charge in [-0.3, -0.25) is 0 Å². The van der Waals surface area contributed by atoms with Gasteiger partial charge in [0.25, 0.3) is 0 Å². The Balaban J connectivity index is 2.50. The van der Waals surface area contributed by atoms with Crippen molar-refractivity contribution < 1.29 is 0 Å². The van der Waals surface area contributed by atoms with Crippen LogP contribution in [0, 0.1) is 5.92 Å². The van der Waals surface area contributed by atoms with Crippen LogP contribution in [0.4, 0.5) is 0 Å². The predicted molar refractivity (Wildman–Crippen MR) is 63.9 cm³/mol. The number of nitrogens with zero attached hydrogens (tertiary/aromatic N) is 4. The van der Waals surface area contributed by atoms with E-state index in [9.17, 15) is 0 Å². The van der Waals surface area contributed by atoms with Gasteiger partial charge in [0, 0.05) is 12.1 Å². The largest absolute Gasteiger partial charge is 0.305 e. The zero-order valence-electron chi connectivity index (χ0n) is 11.0. The number of rotatable bonds is 5. The third kappa shape index (κ3) is 4.70. The first-order chi connectivity index (χ1) is 7.38. The van der Waals surface area contributed by atoms with E-state index in [-0.39, 0.29) is 5.54 Å². The summed E-state index contributed by atoms with van der Waals surface area (Å²) >= 11 is 0. The van der Waals surface area contributed by atoms with Gasteiger partial charge in [-0.25, -0.2) is 4.68 Å². The van der Waals surface area contributed by atoms with Crippen LogP contribution in [0.2, 0.25) is 0 Å². The lowest BCUT2D eigenvalue weighted by atomic mass is 10.1. The molecule has 0 unspecified atom stereocenters. The van der Waals surface area contributed by atoms with Crippen molar-refractivity contribution in [3.8, 4) is 0 Å². The monoisotopic (exact) mass is 225 g/mol. The first kappa shape index (κ1) is 13.1. The second-order valence-corrected chi connectivity index (χ2v) is 5.60. The molecule has 1 N–H and O–H groups in total. The highest BCUT2D eigenvalue weighted by Crippen LogP contribution is 2.05. The summed E-state index contributed by atoms with van der Waals surface area (Å²) in [6, 6.07) is 0. The standard InChI is InChI=1S/C11H23N5/c1-9(2)6-7-16-10(13-14-15-16)8-12-11(3,4)5/h9,12H,6-8H2,1-5H3. The van der Waals surface area contributed by atoms with E-state index in [0.29, 0.717) is 12.5 Å². The van der Waals surface area contributed by atoms with E-state index in [1.54, 1.807) is 0 Å². The lowest BCUT2D eigenvalue weighted by molar-refractivity contribution is 0.400. The van der Waals surface area contributed by atoms with Gasteiger partial charge in [0.05, 0.1) is 6.54 Å². The first-order valence-corrected chi connectivity index (χ1v) is 5.88. The molecule has 92 valence electrons. The molecule has 0 aliphatic heterocycles. The molecule has 5 heteroatoms. The predicted octanol–water partition coefficient (Wildman–Crippen LogP) is 1.61. The molecule has 0 aromatic carbocycles. The lowest BCUT2D eigenvalue weighted by Crippen LogP contribution is -2.36. The van der Waals surface area contributed by atoms with Crippen LogP contribution in [0.3, 0.4) is 0 Å². The Bertz CT molecular complexity index is 310. The van der Waals surface area contributed by atoms with E-state index < -0.39 is 0 Å². The second kappa shape index (κ2) is 5.39. The molecule has 0 saturated heterocycles. The molecular weight excluding hydrogens is 202 g/mol. The zero-order chi connectivity index (χ0) is 12.2. The van der Waals surface area contributed by atoms with E-state index in [1.165, 1.54) is 0 Å². The molecule has 0 fully saturated rings. The highest BCUT2D eigenvalue weighted by Gasteiger charge is 2.12. The van der Waals surface area contributed by atoms with Crippen LogP contribution in [0.25, 0.3) is 0 Å². The summed E-state index contributed by atoms with van der Waals surface area (Å²) in [5.74, 6) is 1.59. The van der Waals surface area contributed by atoms with Crippen LogP contribution in [-0.4, -0.2) is 25.7 Å². The van der Waals surface area contributed by atoms with Crippen molar-refractivity contribution in [3.05, 3.63) is 5.82 Å². The van der Waals surface area contributed by atoms with Gasteiger partial charge in [-0.2, -0.15) is 0 Å². The van der Waals surface area contributed by atoms with Crippen molar-refractivity contribution in [2.75, 3.05) is 0 Å². The molecular formula is C11H23N5. The Labute approximate surface area is 97.6 Å². The van der Waals surface area contributed by atoms with Crippen molar-refractivity contribution in [3.63, 3.8) is 0 Å². The lowest BCUT2D eigenvalue weighted by Gasteiger charge is -2.19. The van der Waals surface area contributed by atoms with Crippen LogP contribution in [0.1, 0.15) is 46.9 Å². The Kier molecular flexibility index (Phi) is 4.41. The van der Waals surface area contributed by atoms with Crippen molar-refractivity contribution >= 4 is 0 Å². The third-order valence-corrected chi connectivity index (χ3v) is 2.30. The van der Waals surface area contributed by atoms with Crippen LogP contribution in [-0.2, 0) is 13.1 Å². The Morgan fingerprint density at radius 2 is 2.00 bits per heavy atom. The minimum absolute atomic E-state index is 0.0921. The quantitative estimate of drug-likeness (QED) is 0.827. The van der Waals surface area contributed by atoms with Gasteiger partial charge in [0.15, 0.2) is 5.82 Å². The van der Waals surface area contributed by atoms with Crippen LogP contribution in [0.5, 0.6) is 0 Å². The second-order valence-electron chi connectivity index (χ2n) is 5.60. The molecule has 1 heterocycles. The highest BCUT2D eigenvalue weighted by molar-refractivity contribution is 4.83. The molecule has 5 nitrogen and oxygen atoms in total. The van der Waals surface area contributed by atoms with Gasteiger partial charge >= 0.3 is 0 Å². The fraction of sp³-hybridized carbons (Fsp3) is 0.909. The molecule has 1 aromatic heterocycles. The molecule has 1 aromatic rings. The van der Waals surface area contributed by atoms with Crippen molar-refractivity contribution in [2.45, 2.75) is 59.7 Å². The maximum Gasteiger partial charge on any atom is 0.165 e. The molecule has 0 radical (unpaired) electrons. The average Bonchev–Trinajstić information content (AvgIpc) is 2.57. The van der Waals surface area contributed by atoms with E-state index >= 15 is 0 Å². The molecule has 0 bridgehead atoms. The van der Waals surface area contributed by atoms with Crippen LogP contribution >= 0.6 is 0 Å². The van der Waals surface area contributed by atoms with Crippen LogP contribution < -0.4 is 5.32 Å². The molecule has 0 aliphatic rings.